The van der Waals surface area contributed by atoms with Crippen LogP contribution >= 0.6 is 0 Å². The van der Waals surface area contributed by atoms with E-state index in [1.165, 1.54) is 5.56 Å². The maximum Gasteiger partial charge on any atom is 0.244 e. The molecule has 4 nitrogen and oxygen atoms in total. The second-order valence-electron chi connectivity index (χ2n) is 5.94. The van der Waals surface area contributed by atoms with Crippen molar-refractivity contribution in [2.75, 3.05) is 6.54 Å². The highest BCUT2D eigenvalue weighted by atomic mass is 16.1. The molecule has 0 radical (unpaired) electrons. The number of nitrogens with zero attached hydrogens (tertiary/aromatic N) is 2. The van der Waals surface area contributed by atoms with Gasteiger partial charge < -0.3 is 5.32 Å². The van der Waals surface area contributed by atoms with Crippen LogP contribution in [0, 0.1) is 0 Å². The van der Waals surface area contributed by atoms with Crippen molar-refractivity contribution in [3.63, 3.8) is 0 Å². The van der Waals surface area contributed by atoms with Gasteiger partial charge >= 0.3 is 0 Å². The maximum atomic E-state index is 12.0. The van der Waals surface area contributed by atoms with Gasteiger partial charge in [0.25, 0.3) is 0 Å². The van der Waals surface area contributed by atoms with E-state index in [0.29, 0.717) is 6.54 Å². The number of aromatic nitrogens is 2. The van der Waals surface area contributed by atoms with E-state index in [9.17, 15) is 4.79 Å². The standard InChI is InChI=1S/C21H21N3O/c1-17(19-8-4-2-5-9-19)14-22-21(25)13-12-18-15-23-24(16-18)20-10-6-3-7-11-20/h2-13,15-17H,14H2,1H3,(H,22,25). The van der Waals surface area contributed by atoms with E-state index in [0.717, 1.165) is 11.3 Å². The fourth-order valence-electron chi connectivity index (χ4n) is 2.53. The third-order valence-electron chi connectivity index (χ3n) is 4.00. The van der Waals surface area contributed by atoms with Gasteiger partial charge in [0.2, 0.25) is 5.91 Å². The predicted octanol–water partition coefficient (Wildman–Crippen LogP) is 3.81. The molecule has 1 amide bonds. The van der Waals surface area contributed by atoms with Gasteiger partial charge in [0.1, 0.15) is 0 Å². The minimum Gasteiger partial charge on any atom is -0.352 e. The molecule has 1 atom stereocenters. The molecule has 1 heterocycles. The van der Waals surface area contributed by atoms with E-state index in [4.69, 9.17) is 0 Å². The molecule has 4 heteroatoms. The smallest absolute Gasteiger partial charge is 0.244 e. The lowest BCUT2D eigenvalue weighted by molar-refractivity contribution is -0.116. The Morgan fingerprint density at radius 3 is 2.52 bits per heavy atom. The van der Waals surface area contributed by atoms with Crippen LogP contribution in [0.5, 0.6) is 0 Å². The summed E-state index contributed by atoms with van der Waals surface area (Å²) >= 11 is 0. The van der Waals surface area contributed by atoms with Crippen molar-refractivity contribution < 1.29 is 4.79 Å². The van der Waals surface area contributed by atoms with Crippen molar-refractivity contribution in [3.8, 4) is 5.69 Å². The third kappa shape index (κ3) is 4.67. The second kappa shape index (κ2) is 8.11. The third-order valence-corrected chi connectivity index (χ3v) is 4.00. The molecule has 0 bridgehead atoms. The van der Waals surface area contributed by atoms with Crippen LogP contribution in [0.2, 0.25) is 0 Å². The Hall–Kier alpha value is -3.14. The number of hydrogen-bond acceptors (Lipinski definition) is 2. The number of hydrogen-bond donors (Lipinski definition) is 1. The topological polar surface area (TPSA) is 46.9 Å². The molecule has 0 fully saturated rings. The van der Waals surface area contributed by atoms with E-state index in [1.807, 2.05) is 54.7 Å². The van der Waals surface area contributed by atoms with Crippen LogP contribution in [0.3, 0.4) is 0 Å². The number of carbonyl (C=O) groups is 1. The molecule has 3 aromatic rings. The van der Waals surface area contributed by atoms with Crippen molar-refractivity contribution in [2.45, 2.75) is 12.8 Å². The van der Waals surface area contributed by atoms with Crippen LogP contribution < -0.4 is 5.32 Å². The Bertz CT molecular complexity index is 838. The Kier molecular flexibility index (Phi) is 5.42. The van der Waals surface area contributed by atoms with Gasteiger partial charge in [-0.3, -0.25) is 4.79 Å². The lowest BCUT2D eigenvalue weighted by Crippen LogP contribution is -2.25. The summed E-state index contributed by atoms with van der Waals surface area (Å²) in [6.45, 7) is 2.71. The van der Waals surface area contributed by atoms with Crippen LogP contribution in [0.15, 0.2) is 79.1 Å². The Labute approximate surface area is 147 Å². The first-order valence-electron chi connectivity index (χ1n) is 8.33. The van der Waals surface area contributed by atoms with Gasteiger partial charge in [-0.2, -0.15) is 5.10 Å². The molecule has 1 N–H and O–H groups in total. The largest absolute Gasteiger partial charge is 0.352 e. The Morgan fingerprint density at radius 1 is 1.12 bits per heavy atom. The minimum absolute atomic E-state index is 0.102. The van der Waals surface area contributed by atoms with E-state index in [2.05, 4.69) is 29.5 Å². The Morgan fingerprint density at radius 2 is 1.80 bits per heavy atom. The zero-order valence-electron chi connectivity index (χ0n) is 14.2. The zero-order valence-corrected chi connectivity index (χ0v) is 14.2. The lowest BCUT2D eigenvalue weighted by atomic mass is 10.0. The van der Waals surface area contributed by atoms with Gasteiger partial charge in [0.15, 0.2) is 0 Å². The van der Waals surface area contributed by atoms with Gasteiger partial charge in [-0.1, -0.05) is 55.5 Å². The second-order valence-corrected chi connectivity index (χ2v) is 5.94. The predicted molar refractivity (Wildman–Crippen MR) is 100 cm³/mol. The molecule has 0 saturated carbocycles. The number of amides is 1. The normalized spacial score (nSPS) is 12.2. The van der Waals surface area contributed by atoms with Gasteiger partial charge in [-0.25, -0.2) is 4.68 Å². The van der Waals surface area contributed by atoms with Gasteiger partial charge in [-0.15, -0.1) is 0 Å². The molecule has 126 valence electrons. The zero-order chi connectivity index (χ0) is 17.5. The average Bonchev–Trinajstić information content (AvgIpc) is 3.15. The number of nitrogens with one attached hydrogen (secondary N) is 1. The number of rotatable bonds is 6. The highest BCUT2D eigenvalue weighted by Crippen LogP contribution is 2.13. The monoisotopic (exact) mass is 331 g/mol. The number of benzene rings is 2. The van der Waals surface area contributed by atoms with E-state index in [-0.39, 0.29) is 11.8 Å². The first-order chi connectivity index (χ1) is 12.2. The SMILES string of the molecule is CC(CNC(=O)C=Cc1cnn(-c2ccccc2)c1)c1ccccc1. The molecule has 0 spiro atoms. The fraction of sp³-hybridized carbons (Fsp3) is 0.143. The molecule has 3 rings (SSSR count). The highest BCUT2D eigenvalue weighted by molar-refractivity contribution is 5.91. The first kappa shape index (κ1) is 16.7. The van der Waals surface area contributed by atoms with Crippen LogP contribution in [0.25, 0.3) is 11.8 Å². The van der Waals surface area contributed by atoms with Crippen LogP contribution in [0.1, 0.15) is 24.0 Å². The quantitative estimate of drug-likeness (QED) is 0.698. The van der Waals surface area contributed by atoms with Gasteiger partial charge in [0, 0.05) is 24.4 Å². The molecule has 0 aliphatic heterocycles. The summed E-state index contributed by atoms with van der Waals surface area (Å²) in [5.41, 5.74) is 3.09. The molecular formula is C21H21N3O. The molecule has 0 aliphatic rings. The molecule has 1 unspecified atom stereocenters. The molecule has 0 saturated heterocycles. The molecular weight excluding hydrogens is 310 g/mol. The first-order valence-corrected chi connectivity index (χ1v) is 8.33. The van der Waals surface area contributed by atoms with Crippen molar-refractivity contribution in [1.29, 1.82) is 0 Å². The van der Waals surface area contributed by atoms with E-state index in [1.54, 1.807) is 23.0 Å². The summed E-state index contributed by atoms with van der Waals surface area (Å²) in [6.07, 6.45) is 6.95. The summed E-state index contributed by atoms with van der Waals surface area (Å²) in [6, 6.07) is 20.0. The van der Waals surface area contributed by atoms with Crippen LogP contribution in [-0.4, -0.2) is 22.2 Å². The van der Waals surface area contributed by atoms with Crippen molar-refractivity contribution in [3.05, 3.63) is 90.3 Å². The van der Waals surface area contributed by atoms with Crippen molar-refractivity contribution >= 4 is 12.0 Å². The van der Waals surface area contributed by atoms with Crippen LogP contribution in [0.4, 0.5) is 0 Å². The van der Waals surface area contributed by atoms with E-state index >= 15 is 0 Å². The van der Waals surface area contributed by atoms with Crippen molar-refractivity contribution in [1.82, 2.24) is 15.1 Å². The van der Waals surface area contributed by atoms with Gasteiger partial charge in [-0.05, 0) is 29.7 Å². The average molecular weight is 331 g/mol. The summed E-state index contributed by atoms with van der Waals surface area (Å²) < 4.78 is 1.79. The summed E-state index contributed by atoms with van der Waals surface area (Å²) in [7, 11) is 0. The highest BCUT2D eigenvalue weighted by Gasteiger charge is 2.06. The summed E-state index contributed by atoms with van der Waals surface area (Å²) in [5, 5.41) is 7.25. The summed E-state index contributed by atoms with van der Waals surface area (Å²) in [4.78, 5) is 12.0. The molecule has 1 aromatic heterocycles. The van der Waals surface area contributed by atoms with Gasteiger partial charge in [0.05, 0.1) is 11.9 Å². The van der Waals surface area contributed by atoms with E-state index < -0.39 is 0 Å². The molecule has 25 heavy (non-hydrogen) atoms. The minimum atomic E-state index is -0.102. The summed E-state index contributed by atoms with van der Waals surface area (Å²) in [5.74, 6) is 0.176. The molecule has 2 aromatic carbocycles. The number of para-hydroxylation sites is 1. The molecule has 0 aliphatic carbocycles. The fourth-order valence-corrected chi connectivity index (χ4v) is 2.53. The Balaban J connectivity index is 1.54. The van der Waals surface area contributed by atoms with Crippen molar-refractivity contribution in [2.24, 2.45) is 0 Å². The maximum absolute atomic E-state index is 12.0. The number of carbonyl (C=O) groups excluding carboxylic acids is 1. The lowest BCUT2D eigenvalue weighted by Gasteiger charge is -2.11. The van der Waals surface area contributed by atoms with Crippen LogP contribution in [-0.2, 0) is 4.79 Å².